The van der Waals surface area contributed by atoms with E-state index >= 15 is 0 Å². The molecular weight excluding hydrogens is 539 g/mol. The molecule has 0 nitrogen and oxygen atoms in total. The van der Waals surface area contributed by atoms with Crippen molar-refractivity contribution in [2.45, 2.75) is 32.6 Å². The maximum Gasteiger partial charge on any atom is -0.0771 e. The van der Waals surface area contributed by atoms with Crippen LogP contribution in [0.25, 0.3) is 21.5 Å². The molecule has 192 valence electrons. The standard InChI is InChI=1S/C13H9.C13H10.C9H13.2ClH.Ti/c1-3-7-12-10(5-1)9-11-6-2-4-8-13(11)12;1-3-7-12(8-4-1)11-13-9-5-2-6-10-13;1-2-3-6-9-7-4-5-8-9;;;/h1-9H;1-10H;4,7H,2-3,5-6H2,1H3;2*1H;/q-1;;-1;;;+2/p-2. The van der Waals surface area contributed by atoms with Crippen LogP contribution in [0, 0.1) is 6.08 Å². The van der Waals surface area contributed by atoms with Crippen LogP contribution in [0.2, 0.25) is 0 Å². The van der Waals surface area contributed by atoms with E-state index < -0.39 is 0 Å². The quantitative estimate of drug-likeness (QED) is 0.224. The molecule has 6 rings (SSSR count). The Hall–Kier alpha value is -2.61. The van der Waals surface area contributed by atoms with Gasteiger partial charge in [0.2, 0.25) is 0 Å². The predicted octanol–water partition coefficient (Wildman–Crippen LogP) is 3.39. The summed E-state index contributed by atoms with van der Waals surface area (Å²) in [6.45, 7) is 2.22. The van der Waals surface area contributed by atoms with Crippen molar-refractivity contribution < 1.29 is 44.8 Å². The molecule has 1 aliphatic rings. The number of hydrogen-bond donors (Lipinski definition) is 0. The maximum absolute atomic E-state index is 3.30. The third kappa shape index (κ3) is 9.00. The van der Waals surface area contributed by atoms with E-state index in [2.05, 4.69) is 148 Å². The van der Waals surface area contributed by atoms with Crippen LogP contribution < -0.4 is 24.8 Å². The Bertz CT molecular complexity index is 1360. The molecule has 0 saturated carbocycles. The largest absolute Gasteiger partial charge is 0.126 e. The summed E-state index contributed by atoms with van der Waals surface area (Å²) in [5.74, 6) is 0. The first-order valence-electron chi connectivity index (χ1n) is 12.7. The zero-order valence-corrected chi connectivity index (χ0v) is 24.8. The molecule has 1 aliphatic carbocycles. The maximum atomic E-state index is 3.30. The van der Waals surface area contributed by atoms with Crippen molar-refractivity contribution in [2.75, 3.05) is 0 Å². The van der Waals surface area contributed by atoms with Crippen LogP contribution in [0.5, 0.6) is 0 Å². The van der Waals surface area contributed by atoms with Gasteiger partial charge in [-0.15, -0.1) is 46.2 Å². The number of rotatable bonds is 5. The van der Waals surface area contributed by atoms with E-state index in [1.165, 1.54) is 61.3 Å². The Kier molecular flexibility index (Phi) is 14.2. The summed E-state index contributed by atoms with van der Waals surface area (Å²) < 4.78 is 1.33. The van der Waals surface area contributed by atoms with Gasteiger partial charge < -0.3 is 24.8 Å². The molecule has 0 radical (unpaired) electrons. The van der Waals surface area contributed by atoms with Crippen molar-refractivity contribution in [3.8, 4) is 0 Å². The zero-order chi connectivity index (χ0) is 25.0. The summed E-state index contributed by atoms with van der Waals surface area (Å²) in [7, 11) is 0. The third-order valence-corrected chi connectivity index (χ3v) is 7.11. The Balaban J connectivity index is 0.000000200. The van der Waals surface area contributed by atoms with Crippen molar-refractivity contribution in [3.63, 3.8) is 0 Å². The third-order valence-electron chi connectivity index (χ3n) is 6.21. The van der Waals surface area contributed by atoms with Crippen LogP contribution in [0.4, 0.5) is 0 Å². The number of benzene rings is 4. The van der Waals surface area contributed by atoms with Gasteiger partial charge in [-0.05, 0) is 0 Å². The van der Waals surface area contributed by atoms with Crippen LogP contribution in [-0.2, 0) is 20.0 Å². The average molecular weight is 571 g/mol. The molecule has 0 saturated heterocycles. The molecule has 0 aromatic heterocycles. The van der Waals surface area contributed by atoms with Crippen molar-refractivity contribution in [2.24, 2.45) is 0 Å². The zero-order valence-electron chi connectivity index (χ0n) is 21.7. The molecule has 0 fully saturated rings. The van der Waals surface area contributed by atoms with Gasteiger partial charge in [-0.25, -0.2) is 11.6 Å². The van der Waals surface area contributed by atoms with Gasteiger partial charge in [0, 0.05) is 0 Å². The molecule has 0 N–H and O–H groups in total. The molecular formula is C35H32Cl2Ti-2. The molecule has 3 heteroatoms. The monoisotopic (exact) mass is 570 g/mol. The molecule has 0 heterocycles. The van der Waals surface area contributed by atoms with Crippen LogP contribution in [0.15, 0.2) is 133 Å². The second-order valence-corrected chi connectivity index (χ2v) is 9.62. The Morgan fingerprint density at radius 1 is 0.711 bits per heavy atom. The normalized spacial score (nSPS) is 11.3. The van der Waals surface area contributed by atoms with E-state index in [0.717, 1.165) is 6.42 Å². The van der Waals surface area contributed by atoms with Crippen LogP contribution >= 0.6 is 0 Å². The smallest absolute Gasteiger partial charge is 0.0771 e. The summed E-state index contributed by atoms with van der Waals surface area (Å²) in [6, 6.07) is 40.2. The van der Waals surface area contributed by atoms with Gasteiger partial charge in [-0.2, -0.15) is 6.08 Å². The molecule has 5 aromatic rings. The molecule has 0 atom stereocenters. The van der Waals surface area contributed by atoms with Gasteiger partial charge in [-0.3, -0.25) is 6.08 Å². The molecule has 0 unspecified atom stereocenters. The first-order chi connectivity index (χ1) is 17.8. The van der Waals surface area contributed by atoms with E-state index in [1.807, 2.05) is 12.1 Å². The minimum atomic E-state index is 0. The van der Waals surface area contributed by atoms with E-state index in [1.54, 1.807) is 0 Å². The Morgan fingerprint density at radius 2 is 1.18 bits per heavy atom. The first kappa shape index (κ1) is 31.6. The van der Waals surface area contributed by atoms with E-state index in [4.69, 9.17) is 0 Å². The molecule has 0 aliphatic heterocycles. The van der Waals surface area contributed by atoms with E-state index in [9.17, 15) is 0 Å². The minimum absolute atomic E-state index is 0. The van der Waals surface area contributed by atoms with Gasteiger partial charge in [0.1, 0.15) is 0 Å². The summed E-state index contributed by atoms with van der Waals surface area (Å²) in [6.07, 6.45) is 12.5. The van der Waals surface area contributed by atoms with E-state index in [-0.39, 0.29) is 24.8 Å². The van der Waals surface area contributed by atoms with Gasteiger partial charge in [0.05, 0.1) is 0 Å². The SMILES string of the molecule is CCCCC1=[C-]CC=C1.[Cl-].[Cl-].[Ti+2]=[C](c1ccccc1)c1ccccc1.c1ccc2c(c1)[cH-]c1ccccc12. The average Bonchev–Trinajstić information content (AvgIpc) is 3.61. The van der Waals surface area contributed by atoms with Crippen molar-refractivity contribution in [1.29, 1.82) is 0 Å². The summed E-state index contributed by atoms with van der Waals surface area (Å²) >= 11 is 2.16. The van der Waals surface area contributed by atoms with Gasteiger partial charge in [0.25, 0.3) is 0 Å². The number of fused-ring (bicyclic) bond motifs is 3. The van der Waals surface area contributed by atoms with Crippen LogP contribution in [0.3, 0.4) is 0 Å². The summed E-state index contributed by atoms with van der Waals surface area (Å²) in [4.78, 5) is 0. The number of allylic oxidation sites excluding steroid dienone is 4. The Labute approximate surface area is 251 Å². The minimum Gasteiger partial charge on any atom is -0.126 e. The number of halogens is 2. The fraction of sp³-hybridized carbons (Fsp3) is 0.143. The van der Waals surface area contributed by atoms with Crippen molar-refractivity contribution in [3.05, 3.63) is 150 Å². The summed E-state index contributed by atoms with van der Waals surface area (Å²) in [5, 5.41) is 5.39. The summed E-state index contributed by atoms with van der Waals surface area (Å²) in [5.41, 5.74) is 3.99. The van der Waals surface area contributed by atoms with Crippen LogP contribution in [-0.4, -0.2) is 3.81 Å². The molecule has 38 heavy (non-hydrogen) atoms. The van der Waals surface area contributed by atoms with Crippen molar-refractivity contribution in [1.82, 2.24) is 0 Å². The molecule has 5 aromatic carbocycles. The predicted molar refractivity (Wildman–Crippen MR) is 153 cm³/mol. The fourth-order valence-electron chi connectivity index (χ4n) is 4.27. The van der Waals surface area contributed by atoms with E-state index in [0.29, 0.717) is 0 Å². The fourth-order valence-corrected chi connectivity index (χ4v) is 4.79. The second kappa shape index (κ2) is 17.1. The number of hydrogen-bond acceptors (Lipinski definition) is 0. The van der Waals surface area contributed by atoms with Gasteiger partial charge in [0.15, 0.2) is 0 Å². The second-order valence-electron chi connectivity index (χ2n) is 8.84. The Morgan fingerprint density at radius 3 is 1.63 bits per heavy atom. The van der Waals surface area contributed by atoms with Gasteiger partial charge in [-0.1, -0.05) is 62.6 Å². The van der Waals surface area contributed by atoms with Gasteiger partial charge >= 0.3 is 95.6 Å². The topological polar surface area (TPSA) is 0 Å². The van der Waals surface area contributed by atoms with Crippen LogP contribution in [0.1, 0.15) is 43.7 Å². The molecule has 0 spiro atoms. The number of unbranched alkanes of at least 4 members (excludes halogenated alkanes) is 1. The molecule has 0 amide bonds. The molecule has 0 bridgehead atoms. The van der Waals surface area contributed by atoms with Crippen molar-refractivity contribution >= 4 is 25.4 Å². The first-order valence-corrected chi connectivity index (χ1v) is 13.5.